The zero-order chi connectivity index (χ0) is 19.1. The van der Waals surface area contributed by atoms with Crippen LogP contribution in [0.25, 0.3) is 16.8 Å². The number of benzene rings is 1. The highest BCUT2D eigenvalue weighted by Gasteiger charge is 2.20. The summed E-state index contributed by atoms with van der Waals surface area (Å²) in [5.74, 6) is 1.40. The van der Waals surface area contributed by atoms with Crippen molar-refractivity contribution in [3.05, 3.63) is 71.4 Å². The van der Waals surface area contributed by atoms with E-state index in [1.54, 1.807) is 24.8 Å². The van der Waals surface area contributed by atoms with Crippen molar-refractivity contribution in [2.45, 2.75) is 26.2 Å². The number of hydrogen-bond donors (Lipinski definition) is 0. The highest BCUT2D eigenvalue weighted by Crippen LogP contribution is 2.31. The molecule has 0 unspecified atom stereocenters. The Labute approximate surface area is 161 Å². The Bertz CT molecular complexity index is 1190. The Morgan fingerprint density at radius 2 is 2.07 bits per heavy atom. The average molecular weight is 375 g/mol. The molecule has 7 heteroatoms. The number of ether oxygens (including phenoxy) is 1. The summed E-state index contributed by atoms with van der Waals surface area (Å²) in [6, 6.07) is 5.15. The Morgan fingerprint density at radius 1 is 1.14 bits per heavy atom. The lowest BCUT2D eigenvalue weighted by atomic mass is 10.00. The average Bonchev–Trinajstić information content (AvgIpc) is 3.37. The Kier molecular flexibility index (Phi) is 4.00. The van der Waals surface area contributed by atoms with Gasteiger partial charge in [0, 0.05) is 48.1 Å². The van der Waals surface area contributed by atoms with Gasteiger partial charge in [-0.15, -0.1) is 10.2 Å². The summed E-state index contributed by atoms with van der Waals surface area (Å²) < 4.78 is 21.9. The largest absolute Gasteiger partial charge is 0.493 e. The minimum absolute atomic E-state index is 0.188. The minimum atomic E-state index is -0.188. The number of aryl methyl sites for hydroxylation is 2. The fourth-order valence-electron chi connectivity index (χ4n) is 3.81. The molecule has 0 amide bonds. The summed E-state index contributed by atoms with van der Waals surface area (Å²) in [4.78, 5) is 8.85. The van der Waals surface area contributed by atoms with E-state index in [0.717, 1.165) is 45.9 Å². The topological polar surface area (TPSA) is 65.2 Å². The van der Waals surface area contributed by atoms with Crippen LogP contribution in [0.15, 0.2) is 43.1 Å². The van der Waals surface area contributed by atoms with Crippen LogP contribution in [0.1, 0.15) is 22.5 Å². The molecule has 4 aromatic rings. The van der Waals surface area contributed by atoms with Crippen molar-refractivity contribution in [1.29, 1.82) is 0 Å². The lowest BCUT2D eigenvalue weighted by Crippen LogP contribution is -2.06. The lowest BCUT2D eigenvalue weighted by molar-refractivity contribution is 0.356. The van der Waals surface area contributed by atoms with Crippen molar-refractivity contribution in [2.24, 2.45) is 0 Å². The van der Waals surface area contributed by atoms with E-state index in [-0.39, 0.29) is 5.82 Å². The molecule has 28 heavy (non-hydrogen) atoms. The molecular weight excluding hydrogens is 357 g/mol. The second-order valence-corrected chi connectivity index (χ2v) is 6.90. The second-order valence-electron chi connectivity index (χ2n) is 6.90. The van der Waals surface area contributed by atoms with E-state index in [4.69, 9.17) is 4.74 Å². The van der Waals surface area contributed by atoms with E-state index in [2.05, 4.69) is 20.2 Å². The summed E-state index contributed by atoms with van der Waals surface area (Å²) >= 11 is 0. The first-order valence-corrected chi connectivity index (χ1v) is 9.24. The number of fused-ring (bicyclic) bond motifs is 2. The van der Waals surface area contributed by atoms with Gasteiger partial charge >= 0.3 is 0 Å². The van der Waals surface area contributed by atoms with Crippen molar-refractivity contribution in [3.8, 4) is 16.9 Å². The maximum atomic E-state index is 14.4. The summed E-state index contributed by atoms with van der Waals surface area (Å²) in [5.41, 5.74) is 5.36. The SMILES string of the molecule is Cc1ccncc1-c1cnc(CCc2c(F)ccc3c2CCO3)n2cnnc12. The summed E-state index contributed by atoms with van der Waals surface area (Å²) in [5, 5.41) is 8.34. The molecule has 1 aromatic carbocycles. The van der Waals surface area contributed by atoms with Crippen molar-refractivity contribution in [3.63, 3.8) is 0 Å². The third-order valence-corrected chi connectivity index (χ3v) is 5.28. The molecule has 4 heterocycles. The van der Waals surface area contributed by atoms with Gasteiger partial charge in [-0.05, 0) is 42.7 Å². The number of nitrogens with zero attached hydrogens (tertiary/aromatic N) is 5. The molecule has 0 spiro atoms. The predicted octanol–water partition coefficient (Wildman–Crippen LogP) is 3.35. The molecule has 6 nitrogen and oxygen atoms in total. The minimum Gasteiger partial charge on any atom is -0.493 e. The van der Waals surface area contributed by atoms with Crippen LogP contribution in [-0.4, -0.2) is 31.2 Å². The maximum Gasteiger partial charge on any atom is 0.171 e. The molecule has 1 aliphatic heterocycles. The predicted molar refractivity (Wildman–Crippen MR) is 102 cm³/mol. The number of halogens is 1. The highest BCUT2D eigenvalue weighted by molar-refractivity contribution is 5.78. The van der Waals surface area contributed by atoms with Gasteiger partial charge in [-0.1, -0.05) is 0 Å². The van der Waals surface area contributed by atoms with E-state index in [0.29, 0.717) is 25.0 Å². The first kappa shape index (κ1) is 16.8. The second kappa shape index (κ2) is 6.67. The van der Waals surface area contributed by atoms with Crippen LogP contribution >= 0.6 is 0 Å². The Balaban J connectivity index is 1.51. The molecule has 5 rings (SSSR count). The summed E-state index contributed by atoms with van der Waals surface area (Å²) in [7, 11) is 0. The van der Waals surface area contributed by atoms with Gasteiger partial charge in [-0.2, -0.15) is 0 Å². The van der Waals surface area contributed by atoms with Gasteiger partial charge in [-0.3, -0.25) is 9.38 Å². The summed E-state index contributed by atoms with van der Waals surface area (Å²) in [6.07, 6.45) is 8.90. The first-order chi connectivity index (χ1) is 13.7. The van der Waals surface area contributed by atoms with E-state index in [1.165, 1.54) is 6.07 Å². The van der Waals surface area contributed by atoms with Crippen molar-refractivity contribution < 1.29 is 9.13 Å². The zero-order valence-corrected chi connectivity index (χ0v) is 15.4. The van der Waals surface area contributed by atoms with Gasteiger partial charge in [0.2, 0.25) is 0 Å². The Morgan fingerprint density at radius 3 is 2.96 bits per heavy atom. The number of rotatable bonds is 4. The van der Waals surface area contributed by atoms with Crippen LogP contribution in [0.3, 0.4) is 0 Å². The third kappa shape index (κ3) is 2.70. The fraction of sp³-hybridized carbons (Fsp3) is 0.238. The third-order valence-electron chi connectivity index (χ3n) is 5.28. The Hall–Kier alpha value is -3.35. The molecule has 3 aromatic heterocycles. The fourth-order valence-corrected chi connectivity index (χ4v) is 3.81. The van der Waals surface area contributed by atoms with E-state index >= 15 is 0 Å². The van der Waals surface area contributed by atoms with Crippen LogP contribution in [0.5, 0.6) is 5.75 Å². The van der Waals surface area contributed by atoms with Crippen molar-refractivity contribution in [1.82, 2.24) is 24.6 Å². The standard InChI is InChI=1S/C21H18FN5O/c1-13-6-8-23-10-16(13)17-11-24-20(27-12-25-26-21(17)27)5-2-14-15-7-9-28-19(15)4-3-18(14)22/h3-4,6,8,10-12H,2,5,7,9H2,1H3. The molecule has 0 saturated carbocycles. The molecule has 0 aliphatic carbocycles. The monoisotopic (exact) mass is 375 g/mol. The molecule has 0 atom stereocenters. The van der Waals surface area contributed by atoms with Crippen LogP contribution in [0, 0.1) is 12.7 Å². The number of pyridine rings is 1. The number of hydrogen-bond acceptors (Lipinski definition) is 5. The molecule has 1 aliphatic rings. The van der Waals surface area contributed by atoms with Crippen molar-refractivity contribution >= 4 is 5.65 Å². The highest BCUT2D eigenvalue weighted by atomic mass is 19.1. The van der Waals surface area contributed by atoms with Gasteiger partial charge in [0.25, 0.3) is 0 Å². The van der Waals surface area contributed by atoms with Crippen LogP contribution < -0.4 is 4.74 Å². The molecular formula is C21H18FN5O. The molecule has 0 radical (unpaired) electrons. The molecule has 0 saturated heterocycles. The molecule has 0 N–H and O–H groups in total. The van der Waals surface area contributed by atoms with Crippen LogP contribution in [0.4, 0.5) is 4.39 Å². The van der Waals surface area contributed by atoms with Gasteiger partial charge in [-0.25, -0.2) is 9.37 Å². The number of aromatic nitrogens is 5. The zero-order valence-electron chi connectivity index (χ0n) is 15.4. The van der Waals surface area contributed by atoms with E-state index in [1.807, 2.05) is 23.6 Å². The first-order valence-electron chi connectivity index (χ1n) is 9.24. The molecule has 0 bridgehead atoms. The molecule has 140 valence electrons. The van der Waals surface area contributed by atoms with E-state index < -0.39 is 0 Å². The van der Waals surface area contributed by atoms with E-state index in [9.17, 15) is 4.39 Å². The maximum absolute atomic E-state index is 14.4. The van der Waals surface area contributed by atoms with Gasteiger partial charge in [0.15, 0.2) is 5.65 Å². The van der Waals surface area contributed by atoms with Gasteiger partial charge in [0.1, 0.15) is 23.7 Å². The summed E-state index contributed by atoms with van der Waals surface area (Å²) in [6.45, 7) is 2.64. The normalized spacial score (nSPS) is 12.9. The smallest absolute Gasteiger partial charge is 0.171 e. The van der Waals surface area contributed by atoms with Crippen molar-refractivity contribution in [2.75, 3.05) is 6.61 Å². The quantitative estimate of drug-likeness (QED) is 0.547. The lowest BCUT2D eigenvalue weighted by Gasteiger charge is -2.11. The van der Waals surface area contributed by atoms with Gasteiger partial charge < -0.3 is 4.74 Å². The van der Waals surface area contributed by atoms with Crippen LogP contribution in [0.2, 0.25) is 0 Å². The van der Waals surface area contributed by atoms with Gasteiger partial charge in [0.05, 0.1) is 6.61 Å². The molecule has 0 fully saturated rings. The van der Waals surface area contributed by atoms with Crippen LogP contribution in [-0.2, 0) is 19.3 Å².